The molecule has 0 spiro atoms. The molecule has 22 heavy (non-hydrogen) atoms. The highest BCUT2D eigenvalue weighted by Gasteiger charge is 2.30. The van der Waals surface area contributed by atoms with E-state index in [1.807, 2.05) is 13.8 Å². The van der Waals surface area contributed by atoms with Crippen molar-refractivity contribution in [3.05, 3.63) is 23.3 Å². The largest absolute Gasteiger partial charge is 0.338 e. The number of carbonyl (C=O) groups is 1. The van der Waals surface area contributed by atoms with Gasteiger partial charge in [-0.3, -0.25) is 4.79 Å². The van der Waals surface area contributed by atoms with Crippen LogP contribution < -0.4 is 5.14 Å². The van der Waals surface area contributed by atoms with Gasteiger partial charge in [-0.1, -0.05) is 13.8 Å². The van der Waals surface area contributed by atoms with Crippen molar-refractivity contribution in [1.82, 2.24) is 14.9 Å². The number of primary sulfonamides is 1. The van der Waals surface area contributed by atoms with Crippen molar-refractivity contribution in [2.75, 3.05) is 18.8 Å². The molecule has 0 saturated carbocycles. The fourth-order valence-electron chi connectivity index (χ4n) is 2.63. The highest BCUT2D eigenvalue weighted by atomic mass is 32.2. The zero-order chi connectivity index (χ0) is 16.5. The van der Waals surface area contributed by atoms with Crippen LogP contribution in [0.1, 0.15) is 48.1 Å². The van der Waals surface area contributed by atoms with Gasteiger partial charge in [0.2, 0.25) is 10.0 Å². The summed E-state index contributed by atoms with van der Waals surface area (Å²) in [6.07, 6.45) is 2.21. The number of hydrogen-bond acceptors (Lipinski definition) is 5. The molecule has 1 aliphatic heterocycles. The molecule has 1 saturated heterocycles. The molecule has 1 aromatic heterocycles. The van der Waals surface area contributed by atoms with Crippen LogP contribution in [0.15, 0.2) is 6.20 Å². The van der Waals surface area contributed by atoms with E-state index in [0.29, 0.717) is 36.6 Å². The minimum Gasteiger partial charge on any atom is -0.338 e. The third-order valence-electron chi connectivity index (χ3n) is 3.79. The van der Waals surface area contributed by atoms with Crippen LogP contribution in [0.25, 0.3) is 0 Å². The maximum absolute atomic E-state index is 12.5. The maximum atomic E-state index is 12.5. The highest BCUT2D eigenvalue weighted by Crippen LogP contribution is 2.21. The average Bonchev–Trinajstić information content (AvgIpc) is 2.83. The van der Waals surface area contributed by atoms with E-state index >= 15 is 0 Å². The van der Waals surface area contributed by atoms with Gasteiger partial charge in [-0.2, -0.15) is 0 Å². The van der Waals surface area contributed by atoms with Gasteiger partial charge in [0.25, 0.3) is 5.91 Å². The molecule has 122 valence electrons. The first-order valence-corrected chi connectivity index (χ1v) is 9.02. The molecule has 1 unspecified atom stereocenters. The average molecular weight is 326 g/mol. The van der Waals surface area contributed by atoms with Crippen molar-refractivity contribution in [3.8, 4) is 0 Å². The standard InChI is InChI=1S/C14H22N4O3S/c1-9(2)13-16-6-12(10(3)17-13)14(19)18-5-4-11(7-18)8-22(15,20)21/h6,9,11H,4-5,7-8H2,1-3H3,(H2,15,20,21). The van der Waals surface area contributed by atoms with Crippen LogP contribution in [0.3, 0.4) is 0 Å². The lowest BCUT2D eigenvalue weighted by Gasteiger charge is -2.17. The van der Waals surface area contributed by atoms with Gasteiger partial charge in [-0.15, -0.1) is 0 Å². The number of nitrogens with zero attached hydrogens (tertiary/aromatic N) is 3. The van der Waals surface area contributed by atoms with Crippen LogP contribution in [0.5, 0.6) is 0 Å². The van der Waals surface area contributed by atoms with E-state index in [9.17, 15) is 13.2 Å². The monoisotopic (exact) mass is 326 g/mol. The first-order valence-electron chi connectivity index (χ1n) is 7.30. The number of hydrogen-bond donors (Lipinski definition) is 1. The summed E-state index contributed by atoms with van der Waals surface area (Å²) in [6.45, 7) is 6.72. The van der Waals surface area contributed by atoms with Crippen LogP contribution in [0, 0.1) is 12.8 Å². The Bertz CT molecular complexity index is 673. The Morgan fingerprint density at radius 2 is 2.18 bits per heavy atom. The van der Waals surface area contributed by atoms with Gasteiger partial charge in [0, 0.05) is 25.2 Å². The molecule has 0 bridgehead atoms. The molecule has 0 aromatic carbocycles. The minimum atomic E-state index is -3.51. The van der Waals surface area contributed by atoms with Gasteiger partial charge in [-0.05, 0) is 19.3 Å². The smallest absolute Gasteiger partial charge is 0.257 e. The fourth-order valence-corrected chi connectivity index (χ4v) is 3.55. The van der Waals surface area contributed by atoms with Crippen molar-refractivity contribution in [3.63, 3.8) is 0 Å². The molecule has 2 heterocycles. The van der Waals surface area contributed by atoms with Crippen molar-refractivity contribution < 1.29 is 13.2 Å². The maximum Gasteiger partial charge on any atom is 0.257 e. The Hall–Kier alpha value is -1.54. The van der Waals surface area contributed by atoms with Crippen molar-refractivity contribution in [2.45, 2.75) is 33.1 Å². The van der Waals surface area contributed by atoms with Crippen LogP contribution in [0.4, 0.5) is 0 Å². The second kappa shape index (κ2) is 6.29. The molecule has 2 rings (SSSR count). The Kier molecular flexibility index (Phi) is 4.81. The van der Waals surface area contributed by atoms with E-state index in [-0.39, 0.29) is 23.5 Å². The molecule has 1 fully saturated rings. The first kappa shape index (κ1) is 16.8. The van der Waals surface area contributed by atoms with E-state index in [0.717, 1.165) is 0 Å². The van der Waals surface area contributed by atoms with E-state index in [1.54, 1.807) is 18.0 Å². The van der Waals surface area contributed by atoms with Gasteiger partial charge in [0.1, 0.15) is 5.82 Å². The van der Waals surface area contributed by atoms with Gasteiger partial charge in [0.15, 0.2) is 0 Å². The van der Waals surface area contributed by atoms with E-state index in [2.05, 4.69) is 9.97 Å². The number of likely N-dealkylation sites (tertiary alicyclic amines) is 1. The second-order valence-corrected chi connectivity index (χ2v) is 7.78. The van der Waals surface area contributed by atoms with E-state index in [1.165, 1.54) is 0 Å². The van der Waals surface area contributed by atoms with Gasteiger partial charge >= 0.3 is 0 Å². The Morgan fingerprint density at radius 1 is 1.50 bits per heavy atom. The molecule has 8 heteroatoms. The fraction of sp³-hybridized carbons (Fsp3) is 0.643. The third-order valence-corrected chi connectivity index (χ3v) is 4.72. The zero-order valence-corrected chi connectivity index (χ0v) is 13.9. The van der Waals surface area contributed by atoms with Crippen LogP contribution in [-0.2, 0) is 10.0 Å². The molecule has 1 aromatic rings. The van der Waals surface area contributed by atoms with E-state index in [4.69, 9.17) is 5.14 Å². The molecule has 1 amide bonds. The number of aryl methyl sites for hydroxylation is 1. The highest BCUT2D eigenvalue weighted by molar-refractivity contribution is 7.89. The third kappa shape index (κ3) is 4.01. The summed E-state index contributed by atoms with van der Waals surface area (Å²) in [5.74, 6) is 0.578. The molecular weight excluding hydrogens is 304 g/mol. The van der Waals surface area contributed by atoms with Crippen LogP contribution in [-0.4, -0.2) is 48.0 Å². The summed E-state index contributed by atoms with van der Waals surface area (Å²) in [5.41, 5.74) is 1.12. The number of carbonyl (C=O) groups excluding carboxylic acids is 1. The number of sulfonamides is 1. The molecular formula is C14H22N4O3S. The minimum absolute atomic E-state index is 0.0848. The number of amides is 1. The number of nitrogens with two attached hydrogens (primary N) is 1. The topological polar surface area (TPSA) is 106 Å². The lowest BCUT2D eigenvalue weighted by Crippen LogP contribution is -2.31. The summed E-state index contributed by atoms with van der Waals surface area (Å²) in [4.78, 5) is 22.8. The predicted molar refractivity (Wildman–Crippen MR) is 82.8 cm³/mol. The second-order valence-electron chi connectivity index (χ2n) is 6.12. The predicted octanol–water partition coefficient (Wildman–Crippen LogP) is 0.659. The Morgan fingerprint density at radius 3 is 2.73 bits per heavy atom. The van der Waals surface area contributed by atoms with Crippen molar-refractivity contribution in [2.24, 2.45) is 11.1 Å². The molecule has 0 radical (unpaired) electrons. The summed E-state index contributed by atoms with van der Waals surface area (Å²) < 4.78 is 22.3. The SMILES string of the molecule is Cc1nc(C(C)C)ncc1C(=O)N1CCC(CS(N)(=O)=O)C1. The Balaban J connectivity index is 2.10. The Labute approximate surface area is 131 Å². The number of aromatic nitrogens is 2. The normalized spacial score (nSPS) is 19.0. The lowest BCUT2D eigenvalue weighted by molar-refractivity contribution is 0.0786. The molecule has 1 aliphatic rings. The summed E-state index contributed by atoms with van der Waals surface area (Å²) in [6, 6.07) is 0. The van der Waals surface area contributed by atoms with Crippen LogP contribution >= 0.6 is 0 Å². The van der Waals surface area contributed by atoms with Crippen molar-refractivity contribution in [1.29, 1.82) is 0 Å². The van der Waals surface area contributed by atoms with Crippen molar-refractivity contribution >= 4 is 15.9 Å². The summed E-state index contributed by atoms with van der Waals surface area (Å²) >= 11 is 0. The quantitative estimate of drug-likeness (QED) is 0.874. The lowest BCUT2D eigenvalue weighted by atomic mass is 10.1. The summed E-state index contributed by atoms with van der Waals surface area (Å²) in [7, 11) is -3.51. The number of rotatable bonds is 4. The molecule has 2 N–H and O–H groups in total. The van der Waals surface area contributed by atoms with Crippen LogP contribution in [0.2, 0.25) is 0 Å². The van der Waals surface area contributed by atoms with Gasteiger partial charge in [0.05, 0.1) is 17.0 Å². The van der Waals surface area contributed by atoms with Gasteiger partial charge < -0.3 is 4.90 Å². The summed E-state index contributed by atoms with van der Waals surface area (Å²) in [5, 5.41) is 5.07. The van der Waals surface area contributed by atoms with E-state index < -0.39 is 10.0 Å². The molecule has 7 nitrogen and oxygen atoms in total. The van der Waals surface area contributed by atoms with Gasteiger partial charge in [-0.25, -0.2) is 23.5 Å². The zero-order valence-electron chi connectivity index (χ0n) is 13.1. The first-order chi connectivity index (χ1) is 10.2. The molecule has 0 aliphatic carbocycles. The molecule has 1 atom stereocenters.